The number of fused-ring (bicyclic) bond motifs is 1. The van der Waals surface area contributed by atoms with Crippen molar-refractivity contribution in [2.45, 2.75) is 26.4 Å². The molecule has 0 spiro atoms. The first-order valence-corrected chi connectivity index (χ1v) is 10.3. The van der Waals surface area contributed by atoms with Gasteiger partial charge in [0.25, 0.3) is 0 Å². The summed E-state index contributed by atoms with van der Waals surface area (Å²) >= 11 is 7.87. The Labute approximate surface area is 176 Å². The van der Waals surface area contributed by atoms with Crippen molar-refractivity contribution < 1.29 is 14.3 Å². The molecule has 0 aromatic carbocycles. The van der Waals surface area contributed by atoms with Crippen LogP contribution < -0.4 is 4.90 Å². The van der Waals surface area contributed by atoms with E-state index in [2.05, 4.69) is 15.0 Å². The van der Waals surface area contributed by atoms with E-state index in [1.165, 1.54) is 16.2 Å². The molecule has 0 saturated carbocycles. The average Bonchev–Trinajstić information content (AvgIpc) is 3.30. The van der Waals surface area contributed by atoms with E-state index in [0.717, 1.165) is 5.39 Å². The van der Waals surface area contributed by atoms with E-state index in [4.69, 9.17) is 16.3 Å². The number of halogens is 1. The quantitative estimate of drug-likeness (QED) is 0.661. The Balaban J connectivity index is 1.51. The molecule has 29 heavy (non-hydrogen) atoms. The van der Waals surface area contributed by atoms with E-state index in [1.54, 1.807) is 38.1 Å². The number of hydrogen-bond donors (Lipinski definition) is 1. The van der Waals surface area contributed by atoms with Gasteiger partial charge in [0.1, 0.15) is 17.8 Å². The van der Waals surface area contributed by atoms with Gasteiger partial charge in [0.05, 0.1) is 10.7 Å². The van der Waals surface area contributed by atoms with Crippen molar-refractivity contribution in [2.24, 2.45) is 0 Å². The molecular formula is C19H20ClN5O3S. The molecule has 0 radical (unpaired) electrons. The highest BCUT2D eigenvalue weighted by Gasteiger charge is 2.32. The Morgan fingerprint density at radius 1 is 1.34 bits per heavy atom. The number of nitrogens with one attached hydrogen (secondary N) is 1. The van der Waals surface area contributed by atoms with Gasteiger partial charge in [0, 0.05) is 41.8 Å². The fraction of sp³-hybridized carbons (Fsp3) is 0.368. The number of pyridine rings is 1. The number of anilines is 1. The Morgan fingerprint density at radius 3 is 2.86 bits per heavy atom. The number of carbonyl (C=O) groups is 2. The number of piperazine rings is 1. The van der Waals surface area contributed by atoms with E-state index in [9.17, 15) is 9.59 Å². The summed E-state index contributed by atoms with van der Waals surface area (Å²) in [5.41, 5.74) is 1.48. The van der Waals surface area contributed by atoms with E-state index in [1.807, 2.05) is 11.4 Å². The molecule has 0 aliphatic carbocycles. The minimum atomic E-state index is -0.602. The van der Waals surface area contributed by atoms with Gasteiger partial charge < -0.3 is 9.72 Å². The summed E-state index contributed by atoms with van der Waals surface area (Å²) in [4.78, 5) is 39.8. The third-order valence-electron chi connectivity index (χ3n) is 4.39. The summed E-state index contributed by atoms with van der Waals surface area (Å²) in [6, 6.07) is 1.86. The second kappa shape index (κ2) is 7.31. The molecule has 152 valence electrons. The van der Waals surface area contributed by atoms with Gasteiger partial charge >= 0.3 is 6.09 Å². The van der Waals surface area contributed by atoms with Crippen LogP contribution in [-0.2, 0) is 9.53 Å². The molecule has 3 aromatic rings. The third kappa shape index (κ3) is 3.92. The minimum Gasteiger partial charge on any atom is -0.444 e. The molecule has 0 atom stereocenters. The van der Waals surface area contributed by atoms with Gasteiger partial charge in [0.2, 0.25) is 5.91 Å². The van der Waals surface area contributed by atoms with Crippen LogP contribution in [0.5, 0.6) is 0 Å². The van der Waals surface area contributed by atoms with Crippen LogP contribution in [0.25, 0.3) is 22.3 Å². The molecule has 1 aliphatic rings. The number of thiazole rings is 1. The van der Waals surface area contributed by atoms with Crippen molar-refractivity contribution in [3.63, 3.8) is 0 Å². The van der Waals surface area contributed by atoms with Crippen molar-refractivity contribution in [1.29, 1.82) is 0 Å². The lowest BCUT2D eigenvalue weighted by molar-refractivity contribution is -0.121. The zero-order valence-electron chi connectivity index (χ0n) is 16.2. The summed E-state index contributed by atoms with van der Waals surface area (Å²) in [6.07, 6.45) is 2.97. The molecule has 0 bridgehead atoms. The van der Waals surface area contributed by atoms with E-state index in [0.29, 0.717) is 40.1 Å². The lowest BCUT2D eigenvalue weighted by atomic mass is 10.2. The van der Waals surface area contributed by atoms with Crippen LogP contribution in [0.4, 0.5) is 9.93 Å². The summed E-state index contributed by atoms with van der Waals surface area (Å²) < 4.78 is 5.35. The summed E-state index contributed by atoms with van der Waals surface area (Å²) in [5, 5.41) is 3.80. The molecule has 1 aliphatic heterocycles. The normalized spacial score (nSPS) is 15.2. The maximum atomic E-state index is 12.6. The topological polar surface area (TPSA) is 91.4 Å². The number of nitrogens with zero attached hydrogens (tertiary/aromatic N) is 4. The summed E-state index contributed by atoms with van der Waals surface area (Å²) in [7, 11) is 0. The molecule has 8 nitrogen and oxygen atoms in total. The smallest absolute Gasteiger partial charge is 0.410 e. The molecule has 10 heteroatoms. The van der Waals surface area contributed by atoms with Crippen LogP contribution in [0.1, 0.15) is 20.8 Å². The Bertz CT molecular complexity index is 1090. The average molecular weight is 434 g/mol. The Kier molecular flexibility index (Phi) is 4.95. The predicted octanol–water partition coefficient (Wildman–Crippen LogP) is 3.92. The third-order valence-corrected chi connectivity index (χ3v) is 5.66. The van der Waals surface area contributed by atoms with Crippen molar-refractivity contribution in [1.82, 2.24) is 19.9 Å². The summed E-state index contributed by atoms with van der Waals surface area (Å²) in [6.45, 7) is 6.09. The number of carbonyl (C=O) groups excluding carboxylic acids is 2. The van der Waals surface area contributed by atoms with Crippen LogP contribution in [-0.4, -0.2) is 57.1 Å². The van der Waals surface area contributed by atoms with Gasteiger partial charge in [-0.2, -0.15) is 0 Å². The number of aromatic amines is 1. The second-order valence-electron chi connectivity index (χ2n) is 7.69. The zero-order valence-corrected chi connectivity index (χ0v) is 17.8. The monoisotopic (exact) mass is 433 g/mol. The first kappa shape index (κ1) is 19.7. The van der Waals surface area contributed by atoms with Crippen molar-refractivity contribution in [3.05, 3.63) is 28.9 Å². The Hall–Kier alpha value is -2.65. The van der Waals surface area contributed by atoms with Gasteiger partial charge in [-0.05, 0) is 26.8 Å². The summed E-state index contributed by atoms with van der Waals surface area (Å²) in [5.74, 6) is -0.201. The maximum Gasteiger partial charge on any atom is 0.410 e. The maximum absolute atomic E-state index is 12.6. The molecule has 0 unspecified atom stereocenters. The molecule has 4 heterocycles. The van der Waals surface area contributed by atoms with Crippen LogP contribution in [0, 0.1) is 0 Å². The number of rotatable bonds is 2. The van der Waals surface area contributed by atoms with Gasteiger partial charge in [-0.15, -0.1) is 11.3 Å². The van der Waals surface area contributed by atoms with Crippen molar-refractivity contribution in [2.75, 3.05) is 24.5 Å². The van der Waals surface area contributed by atoms with Gasteiger partial charge in [-0.3, -0.25) is 14.6 Å². The van der Waals surface area contributed by atoms with E-state index < -0.39 is 11.7 Å². The zero-order chi connectivity index (χ0) is 20.8. The van der Waals surface area contributed by atoms with Crippen LogP contribution in [0.3, 0.4) is 0 Å². The standard InChI is InChI=1S/C19H20ClN5O3S/c1-19(2,3)28-18(27)24-6-7-25(14(26)9-24)17-23-13(10-29-17)12-8-22-16-11(15(12)20)4-5-21-16/h4-5,8,10H,6-7,9H2,1-3H3,(H,21,22). The number of H-pyrrole nitrogens is 1. The van der Waals surface area contributed by atoms with Crippen molar-refractivity contribution >= 4 is 51.1 Å². The van der Waals surface area contributed by atoms with Gasteiger partial charge in [-0.25, -0.2) is 14.8 Å². The number of amides is 2. The number of ether oxygens (including phenoxy) is 1. The molecular weight excluding hydrogens is 414 g/mol. The van der Waals surface area contributed by atoms with E-state index >= 15 is 0 Å². The lowest BCUT2D eigenvalue weighted by Crippen LogP contribution is -2.53. The molecule has 1 fully saturated rings. The minimum absolute atomic E-state index is 0.0402. The lowest BCUT2D eigenvalue weighted by Gasteiger charge is -2.34. The highest BCUT2D eigenvalue weighted by atomic mass is 35.5. The van der Waals surface area contributed by atoms with Crippen molar-refractivity contribution in [3.8, 4) is 11.3 Å². The highest BCUT2D eigenvalue weighted by molar-refractivity contribution is 7.14. The number of hydrogen-bond acceptors (Lipinski definition) is 6. The first-order chi connectivity index (χ1) is 13.7. The molecule has 4 rings (SSSR count). The van der Waals surface area contributed by atoms with Gasteiger partial charge in [0.15, 0.2) is 5.13 Å². The Morgan fingerprint density at radius 2 is 2.14 bits per heavy atom. The fourth-order valence-electron chi connectivity index (χ4n) is 3.02. The SMILES string of the molecule is CC(C)(C)OC(=O)N1CCN(c2nc(-c3cnc4[nH]ccc4c3Cl)cs2)C(=O)C1. The predicted molar refractivity (Wildman–Crippen MR) is 112 cm³/mol. The van der Waals surface area contributed by atoms with Gasteiger partial charge in [-0.1, -0.05) is 11.6 Å². The fourth-order valence-corrected chi connectivity index (χ4v) is 4.19. The molecule has 2 amide bonds. The number of aromatic nitrogens is 3. The molecule has 1 N–H and O–H groups in total. The molecule has 1 saturated heterocycles. The second-order valence-corrected chi connectivity index (χ2v) is 8.90. The van der Waals surface area contributed by atoms with Crippen LogP contribution >= 0.6 is 22.9 Å². The van der Waals surface area contributed by atoms with E-state index in [-0.39, 0.29) is 12.5 Å². The van der Waals surface area contributed by atoms with Crippen LogP contribution in [0.15, 0.2) is 23.8 Å². The first-order valence-electron chi connectivity index (χ1n) is 9.09. The highest BCUT2D eigenvalue weighted by Crippen LogP contribution is 2.35. The molecule has 3 aromatic heterocycles. The van der Waals surface area contributed by atoms with Crippen LogP contribution in [0.2, 0.25) is 5.02 Å². The largest absolute Gasteiger partial charge is 0.444 e.